The summed E-state index contributed by atoms with van der Waals surface area (Å²) < 4.78 is 1.54. The van der Waals surface area contributed by atoms with Gasteiger partial charge in [0.1, 0.15) is 19.2 Å². The van der Waals surface area contributed by atoms with Gasteiger partial charge >= 0.3 is 0 Å². The Balaban J connectivity index is 1.92. The smallest absolute Gasteiger partial charge is 0.286 e. The number of hydrazone groups is 1. The van der Waals surface area contributed by atoms with Gasteiger partial charge in [-0.1, -0.05) is 18.2 Å². The Labute approximate surface area is 103 Å². The lowest BCUT2D eigenvalue weighted by atomic mass is 10.2. The van der Waals surface area contributed by atoms with Crippen molar-refractivity contribution in [2.24, 2.45) is 5.73 Å². The maximum atomic E-state index is 11.7. The normalized spacial score (nSPS) is 11.2. The number of nitrogens with one attached hydrogen (secondary N) is 2. The molecular weight excluding hydrogens is 232 g/mol. The molecule has 0 radical (unpaired) electrons. The monoisotopic (exact) mass is 245 g/mol. The molecule has 4 N–H and O–H groups in total. The van der Waals surface area contributed by atoms with Crippen LogP contribution in [0.4, 0.5) is 0 Å². The van der Waals surface area contributed by atoms with Gasteiger partial charge in [-0.15, -0.1) is 0 Å². The summed E-state index contributed by atoms with van der Waals surface area (Å²) in [6, 6.07) is 8.85. The summed E-state index contributed by atoms with van der Waals surface area (Å²) in [5.74, 6) is 0.113. The summed E-state index contributed by atoms with van der Waals surface area (Å²) in [6.45, 7) is 0.328. The third-order valence-corrected chi connectivity index (χ3v) is 2.17. The van der Waals surface area contributed by atoms with E-state index in [9.17, 15) is 4.79 Å². The molecule has 1 aromatic carbocycles. The predicted octanol–water partition coefficient (Wildman–Crippen LogP) is -1.94. The lowest BCUT2D eigenvalue weighted by Crippen LogP contribution is -2.86. The van der Waals surface area contributed by atoms with E-state index in [1.54, 1.807) is 24.3 Å². The molecular formula is C11H13N6O+. The molecule has 0 unspecified atom stereocenters. The van der Waals surface area contributed by atoms with Crippen molar-refractivity contribution in [3.63, 3.8) is 0 Å². The Bertz CT molecular complexity index is 534. The molecule has 0 spiro atoms. The highest BCUT2D eigenvalue weighted by Crippen LogP contribution is 1.95. The maximum absolute atomic E-state index is 11.7. The molecule has 0 saturated heterocycles. The van der Waals surface area contributed by atoms with E-state index >= 15 is 0 Å². The van der Waals surface area contributed by atoms with Crippen LogP contribution >= 0.6 is 0 Å². The second-order valence-corrected chi connectivity index (χ2v) is 3.56. The molecule has 7 nitrogen and oxygen atoms in total. The molecule has 0 saturated carbocycles. The molecule has 18 heavy (non-hydrogen) atoms. The van der Waals surface area contributed by atoms with Crippen molar-refractivity contribution in [3.05, 3.63) is 48.5 Å². The Hall–Kier alpha value is -2.70. The highest BCUT2D eigenvalue weighted by molar-refractivity contribution is 5.93. The Morgan fingerprint density at radius 2 is 2.17 bits per heavy atom. The van der Waals surface area contributed by atoms with Crippen LogP contribution in [0, 0.1) is 0 Å². The number of benzene rings is 1. The summed E-state index contributed by atoms with van der Waals surface area (Å²) in [6.07, 6.45) is 2.95. The zero-order valence-corrected chi connectivity index (χ0v) is 9.58. The van der Waals surface area contributed by atoms with Gasteiger partial charge in [-0.25, -0.2) is 9.67 Å². The lowest BCUT2D eigenvalue weighted by molar-refractivity contribution is -0.510. The Morgan fingerprint density at radius 3 is 2.83 bits per heavy atom. The number of aromatic nitrogens is 3. The van der Waals surface area contributed by atoms with Gasteiger partial charge in [0.2, 0.25) is 0 Å². The van der Waals surface area contributed by atoms with Crippen LogP contribution in [0.15, 0.2) is 43.0 Å². The number of carbonyl (C=O) groups excluding carboxylic acids is 1. The van der Waals surface area contributed by atoms with Crippen molar-refractivity contribution < 1.29 is 9.90 Å². The maximum Gasteiger partial charge on any atom is 0.286 e. The van der Waals surface area contributed by atoms with Crippen molar-refractivity contribution in [2.75, 3.05) is 0 Å². The van der Waals surface area contributed by atoms with Crippen LogP contribution in [0.5, 0.6) is 0 Å². The quantitative estimate of drug-likeness (QED) is 0.331. The van der Waals surface area contributed by atoms with Gasteiger partial charge in [0.15, 0.2) is 0 Å². The molecule has 92 valence electrons. The second-order valence-electron chi connectivity index (χ2n) is 3.56. The minimum absolute atomic E-state index is 0.253. The van der Waals surface area contributed by atoms with E-state index in [1.165, 1.54) is 17.3 Å². The van der Waals surface area contributed by atoms with Crippen LogP contribution in [0.2, 0.25) is 0 Å². The Morgan fingerprint density at radius 1 is 1.39 bits per heavy atom. The summed E-state index contributed by atoms with van der Waals surface area (Å²) >= 11 is 0. The number of hydrogen-bond acceptors (Lipinski definition) is 3. The van der Waals surface area contributed by atoms with Crippen molar-refractivity contribution >= 4 is 11.7 Å². The van der Waals surface area contributed by atoms with Crippen molar-refractivity contribution in [3.8, 4) is 0 Å². The van der Waals surface area contributed by atoms with E-state index < -0.39 is 0 Å². The van der Waals surface area contributed by atoms with Gasteiger partial charge in [0.25, 0.3) is 11.7 Å². The second kappa shape index (κ2) is 5.58. The molecule has 2 rings (SSSR count). The number of nitrogens with zero attached hydrogens (tertiary/aromatic N) is 3. The van der Waals surface area contributed by atoms with Crippen LogP contribution in [-0.4, -0.2) is 26.5 Å². The highest BCUT2D eigenvalue weighted by atomic mass is 16.2. The van der Waals surface area contributed by atoms with Gasteiger partial charge in [-0.2, -0.15) is 15.6 Å². The van der Waals surface area contributed by atoms with E-state index in [-0.39, 0.29) is 5.91 Å². The third kappa shape index (κ3) is 3.14. The van der Waals surface area contributed by atoms with Crippen LogP contribution in [0.3, 0.4) is 0 Å². The summed E-state index contributed by atoms with van der Waals surface area (Å²) in [7, 11) is 0. The fraction of sp³-hybridized carbons (Fsp3) is 0.0909. The third-order valence-electron chi connectivity index (χ3n) is 2.17. The first kappa shape index (κ1) is 11.8. The van der Waals surface area contributed by atoms with E-state index in [0.29, 0.717) is 17.9 Å². The average molecular weight is 245 g/mol. The van der Waals surface area contributed by atoms with Crippen LogP contribution in [0.25, 0.3) is 0 Å². The molecule has 1 aromatic heterocycles. The minimum Gasteiger partial charge on any atom is -0.288 e. The van der Waals surface area contributed by atoms with Crippen LogP contribution in [-0.2, 0) is 6.54 Å². The Kier molecular flexibility index (Phi) is 3.65. The van der Waals surface area contributed by atoms with Crippen molar-refractivity contribution in [2.45, 2.75) is 6.54 Å². The van der Waals surface area contributed by atoms with Crippen molar-refractivity contribution in [1.82, 2.24) is 20.2 Å². The highest BCUT2D eigenvalue weighted by Gasteiger charge is 2.06. The standard InChI is InChI=1S/C11H12N6O/c12-10(6-17-8-13-7-14-17)15-16-11(18)9-4-2-1-3-5-9/h1-5,7-8H,6H2,(H2,12,15)(H,16,18)/p+1. The van der Waals surface area contributed by atoms with Gasteiger partial charge in [0, 0.05) is 5.56 Å². The number of rotatable bonds is 4. The van der Waals surface area contributed by atoms with Gasteiger partial charge in [-0.05, 0) is 12.1 Å². The van der Waals surface area contributed by atoms with Gasteiger partial charge in [-0.3, -0.25) is 10.5 Å². The first-order valence-corrected chi connectivity index (χ1v) is 5.31. The molecule has 1 heterocycles. The fourth-order valence-electron chi connectivity index (χ4n) is 1.33. The molecule has 0 bridgehead atoms. The number of hydrogen-bond donors (Lipinski definition) is 3. The summed E-state index contributed by atoms with van der Waals surface area (Å²) in [5, 5.41) is 6.52. The predicted molar refractivity (Wildman–Crippen MR) is 64.1 cm³/mol. The minimum atomic E-state index is -0.253. The van der Waals surface area contributed by atoms with Crippen LogP contribution < -0.4 is 16.3 Å². The summed E-state index contributed by atoms with van der Waals surface area (Å²) in [4.78, 5) is 15.5. The van der Waals surface area contributed by atoms with E-state index in [1.807, 2.05) is 6.07 Å². The molecule has 0 aliphatic carbocycles. The van der Waals surface area contributed by atoms with Gasteiger partial charge < -0.3 is 0 Å². The number of nitrogens with two attached hydrogens (primary N) is 1. The topological polar surface area (TPSA) is 99.8 Å². The molecule has 2 aromatic rings. The van der Waals surface area contributed by atoms with E-state index in [4.69, 9.17) is 5.73 Å². The number of carbonyl (C=O) groups is 1. The number of amides is 1. The zero-order chi connectivity index (χ0) is 12.8. The van der Waals surface area contributed by atoms with Crippen molar-refractivity contribution in [1.29, 1.82) is 0 Å². The number of amidine groups is 1. The van der Waals surface area contributed by atoms with Gasteiger partial charge in [0.05, 0.1) is 0 Å². The zero-order valence-electron chi connectivity index (χ0n) is 9.58. The fourth-order valence-corrected chi connectivity index (χ4v) is 1.33. The van der Waals surface area contributed by atoms with E-state index in [2.05, 4.69) is 20.6 Å². The first-order chi connectivity index (χ1) is 8.75. The SMILES string of the molecule is NC(Cn1cncn1)=[NH+]NC(=O)c1ccccc1. The molecule has 7 heteroatoms. The average Bonchev–Trinajstić information content (AvgIpc) is 2.90. The largest absolute Gasteiger partial charge is 0.288 e. The molecule has 0 atom stereocenters. The molecule has 0 aliphatic rings. The first-order valence-electron chi connectivity index (χ1n) is 5.31. The molecule has 0 fully saturated rings. The number of hydrazine groups is 1. The van der Waals surface area contributed by atoms with E-state index in [0.717, 1.165) is 0 Å². The summed E-state index contributed by atoms with van der Waals surface area (Å²) in [5.41, 5.74) is 8.75. The molecule has 1 amide bonds. The molecule has 0 aliphatic heterocycles. The lowest BCUT2D eigenvalue weighted by Gasteiger charge is -1.99. The van der Waals surface area contributed by atoms with Crippen LogP contribution in [0.1, 0.15) is 10.4 Å².